The minimum absolute atomic E-state index is 0. The second kappa shape index (κ2) is 5.12. The van der Waals surface area contributed by atoms with Crippen molar-refractivity contribution in [3.63, 3.8) is 0 Å². The Hall–Kier alpha value is -0.330. The van der Waals surface area contributed by atoms with Gasteiger partial charge in [-0.05, 0) is 6.42 Å². The molecule has 0 aromatic rings. The highest BCUT2D eigenvalue weighted by molar-refractivity contribution is 7.88. The average Bonchev–Trinajstić information content (AvgIpc) is 2.68. The maximum atomic E-state index is 12.1. The predicted molar refractivity (Wildman–Crippen MR) is 67.5 cm³/mol. The molecule has 3 atom stereocenters. The van der Waals surface area contributed by atoms with Crippen LogP contribution in [-0.4, -0.2) is 44.0 Å². The molecule has 2 fully saturated rings. The number of carbonyl (C=O) groups is 1. The number of hydrogen-bond donors (Lipinski definition) is 1. The summed E-state index contributed by atoms with van der Waals surface area (Å²) in [5.74, 6) is -0.136. The minimum Gasteiger partial charge on any atom is -0.314 e. The summed E-state index contributed by atoms with van der Waals surface area (Å²) in [7, 11) is -3.41. The standard InChI is InChI=1S/C10H18N2O3S.ClH/c1-3-4-7-8-5-11-6-9(8)12(10(7)13)16(2,14)15;/h7-9,11H,3-6H2,1-2H3;1H/t7-,8-,9+;/m1./s1. The topological polar surface area (TPSA) is 66.5 Å². The van der Waals surface area contributed by atoms with Crippen molar-refractivity contribution in [3.8, 4) is 0 Å². The minimum atomic E-state index is -3.41. The quantitative estimate of drug-likeness (QED) is 0.804. The molecule has 2 rings (SSSR count). The number of nitrogens with zero attached hydrogens (tertiary/aromatic N) is 1. The molecule has 2 saturated heterocycles. The lowest BCUT2D eigenvalue weighted by atomic mass is 9.89. The SMILES string of the molecule is CCC[C@H]1C(=O)N(S(C)(=O)=O)[C@H]2CNC[C@H]12.Cl. The van der Waals surface area contributed by atoms with Gasteiger partial charge in [0.15, 0.2) is 0 Å². The van der Waals surface area contributed by atoms with E-state index in [0.717, 1.165) is 29.9 Å². The molecule has 0 bridgehead atoms. The van der Waals surface area contributed by atoms with Gasteiger partial charge in [-0.2, -0.15) is 0 Å². The van der Waals surface area contributed by atoms with Crippen molar-refractivity contribution in [1.82, 2.24) is 9.62 Å². The summed E-state index contributed by atoms with van der Waals surface area (Å²) in [5, 5.41) is 3.18. The van der Waals surface area contributed by atoms with Gasteiger partial charge < -0.3 is 5.32 Å². The molecular formula is C10H19ClN2O3S. The van der Waals surface area contributed by atoms with E-state index in [1.54, 1.807) is 0 Å². The molecule has 1 amide bonds. The summed E-state index contributed by atoms with van der Waals surface area (Å²) in [6, 6.07) is -0.154. The van der Waals surface area contributed by atoms with E-state index in [9.17, 15) is 13.2 Å². The zero-order valence-corrected chi connectivity index (χ0v) is 11.7. The van der Waals surface area contributed by atoms with Gasteiger partial charge >= 0.3 is 0 Å². The third-order valence-electron chi connectivity index (χ3n) is 3.54. The van der Waals surface area contributed by atoms with Gasteiger partial charge in [-0.25, -0.2) is 12.7 Å². The molecule has 5 nitrogen and oxygen atoms in total. The van der Waals surface area contributed by atoms with Gasteiger partial charge in [-0.3, -0.25) is 4.79 Å². The van der Waals surface area contributed by atoms with Gasteiger partial charge in [0.2, 0.25) is 15.9 Å². The molecule has 0 spiro atoms. The summed E-state index contributed by atoms with van der Waals surface area (Å²) < 4.78 is 24.3. The Kier molecular flexibility index (Phi) is 4.43. The number of hydrogen-bond acceptors (Lipinski definition) is 4. The fourth-order valence-corrected chi connectivity index (χ4v) is 4.11. The summed E-state index contributed by atoms with van der Waals surface area (Å²) in [6.45, 7) is 3.38. The van der Waals surface area contributed by atoms with Gasteiger partial charge in [0, 0.05) is 24.9 Å². The normalized spacial score (nSPS) is 32.5. The van der Waals surface area contributed by atoms with Crippen LogP contribution in [0.2, 0.25) is 0 Å². The van der Waals surface area contributed by atoms with Crippen LogP contribution in [0.4, 0.5) is 0 Å². The smallest absolute Gasteiger partial charge is 0.239 e. The molecule has 0 saturated carbocycles. The molecule has 7 heteroatoms. The van der Waals surface area contributed by atoms with E-state index >= 15 is 0 Å². The van der Waals surface area contributed by atoms with E-state index in [1.165, 1.54) is 0 Å². The van der Waals surface area contributed by atoms with Crippen LogP contribution in [0.3, 0.4) is 0 Å². The number of sulfonamides is 1. The van der Waals surface area contributed by atoms with E-state index in [2.05, 4.69) is 5.32 Å². The maximum absolute atomic E-state index is 12.1. The van der Waals surface area contributed by atoms with Crippen LogP contribution in [0.25, 0.3) is 0 Å². The first kappa shape index (κ1) is 14.7. The van der Waals surface area contributed by atoms with Crippen molar-refractivity contribution in [3.05, 3.63) is 0 Å². The van der Waals surface area contributed by atoms with Crippen LogP contribution in [0.5, 0.6) is 0 Å². The average molecular weight is 283 g/mol. The van der Waals surface area contributed by atoms with Gasteiger partial charge in [-0.1, -0.05) is 13.3 Å². The van der Waals surface area contributed by atoms with E-state index < -0.39 is 10.0 Å². The molecular weight excluding hydrogens is 264 g/mol. The van der Waals surface area contributed by atoms with Crippen molar-refractivity contribution >= 4 is 28.3 Å². The highest BCUT2D eigenvalue weighted by Crippen LogP contribution is 2.37. The van der Waals surface area contributed by atoms with Crippen molar-refractivity contribution in [2.24, 2.45) is 11.8 Å². The monoisotopic (exact) mass is 282 g/mol. The van der Waals surface area contributed by atoms with E-state index in [0.29, 0.717) is 6.54 Å². The highest BCUT2D eigenvalue weighted by Gasteiger charge is 2.52. The molecule has 0 aromatic heterocycles. The van der Waals surface area contributed by atoms with Gasteiger partial charge in [0.1, 0.15) is 0 Å². The maximum Gasteiger partial charge on any atom is 0.239 e. The van der Waals surface area contributed by atoms with Crippen LogP contribution in [0.1, 0.15) is 19.8 Å². The van der Waals surface area contributed by atoms with E-state index in [1.807, 2.05) is 6.92 Å². The van der Waals surface area contributed by atoms with Gasteiger partial charge in [-0.15, -0.1) is 12.4 Å². The third kappa shape index (κ3) is 2.44. The van der Waals surface area contributed by atoms with E-state index in [-0.39, 0.29) is 36.2 Å². The molecule has 100 valence electrons. The summed E-state index contributed by atoms with van der Waals surface area (Å²) >= 11 is 0. The Morgan fingerprint density at radius 1 is 1.41 bits per heavy atom. The Labute approximate surface area is 108 Å². The molecule has 0 radical (unpaired) electrons. The first-order valence-corrected chi connectivity index (χ1v) is 7.55. The van der Waals surface area contributed by atoms with Crippen LogP contribution in [-0.2, 0) is 14.8 Å². The fraction of sp³-hybridized carbons (Fsp3) is 0.900. The van der Waals surface area contributed by atoms with Crippen LogP contribution in [0, 0.1) is 11.8 Å². The lowest BCUT2D eigenvalue weighted by Crippen LogP contribution is -2.41. The van der Waals surface area contributed by atoms with Crippen LogP contribution >= 0.6 is 12.4 Å². The molecule has 17 heavy (non-hydrogen) atoms. The predicted octanol–water partition coefficient (Wildman–Crippen LogP) is 0.214. The lowest BCUT2D eigenvalue weighted by molar-refractivity contribution is -0.128. The summed E-state index contributed by atoms with van der Waals surface area (Å²) in [4.78, 5) is 12.1. The Balaban J connectivity index is 0.00000144. The highest BCUT2D eigenvalue weighted by atomic mass is 35.5. The molecule has 2 aliphatic heterocycles. The molecule has 0 aromatic carbocycles. The summed E-state index contributed by atoms with van der Waals surface area (Å²) in [6.07, 6.45) is 2.82. The first-order valence-electron chi connectivity index (χ1n) is 5.70. The lowest BCUT2D eigenvalue weighted by Gasteiger charge is -2.20. The zero-order chi connectivity index (χ0) is 11.9. The molecule has 2 aliphatic rings. The molecule has 0 aliphatic carbocycles. The first-order chi connectivity index (χ1) is 7.46. The number of fused-ring (bicyclic) bond motifs is 1. The Morgan fingerprint density at radius 2 is 2.06 bits per heavy atom. The molecule has 0 unspecified atom stereocenters. The Morgan fingerprint density at radius 3 is 2.59 bits per heavy atom. The number of carbonyl (C=O) groups excluding carboxylic acids is 1. The van der Waals surface area contributed by atoms with Crippen LogP contribution < -0.4 is 5.32 Å². The molecule has 2 heterocycles. The summed E-state index contributed by atoms with van der Waals surface area (Å²) in [5.41, 5.74) is 0. The Bertz CT molecular complexity index is 398. The van der Waals surface area contributed by atoms with Crippen molar-refractivity contribution in [2.75, 3.05) is 19.3 Å². The second-order valence-electron chi connectivity index (χ2n) is 4.68. The van der Waals surface area contributed by atoms with Crippen LogP contribution in [0.15, 0.2) is 0 Å². The van der Waals surface area contributed by atoms with Crippen molar-refractivity contribution < 1.29 is 13.2 Å². The van der Waals surface area contributed by atoms with Gasteiger partial charge in [0.25, 0.3) is 0 Å². The van der Waals surface area contributed by atoms with Crippen molar-refractivity contribution in [1.29, 1.82) is 0 Å². The number of halogens is 1. The third-order valence-corrected chi connectivity index (χ3v) is 4.70. The second-order valence-corrected chi connectivity index (χ2v) is 6.54. The number of amides is 1. The van der Waals surface area contributed by atoms with Gasteiger partial charge in [0.05, 0.1) is 12.3 Å². The largest absolute Gasteiger partial charge is 0.314 e. The number of rotatable bonds is 3. The number of nitrogens with one attached hydrogen (secondary N) is 1. The van der Waals surface area contributed by atoms with E-state index in [4.69, 9.17) is 0 Å². The zero-order valence-electron chi connectivity index (χ0n) is 10.0. The fourth-order valence-electron chi connectivity index (χ4n) is 2.92. The van der Waals surface area contributed by atoms with Crippen molar-refractivity contribution in [2.45, 2.75) is 25.8 Å². The molecule has 1 N–H and O–H groups in total.